The van der Waals surface area contributed by atoms with E-state index in [-0.39, 0.29) is 11.4 Å². The van der Waals surface area contributed by atoms with Gasteiger partial charge in [0.1, 0.15) is 0 Å². The van der Waals surface area contributed by atoms with Gasteiger partial charge in [-0.1, -0.05) is 20.8 Å². The third-order valence-electron chi connectivity index (χ3n) is 4.55. The normalized spacial score (nSPS) is 16.8. The summed E-state index contributed by atoms with van der Waals surface area (Å²) in [4.78, 5) is 16.7. The fraction of sp³-hybridized carbons (Fsp3) is 0.933. The van der Waals surface area contributed by atoms with Gasteiger partial charge in [0.25, 0.3) is 0 Å². The molecule has 1 saturated heterocycles. The molecule has 5 nitrogen and oxygen atoms in total. The van der Waals surface area contributed by atoms with Crippen molar-refractivity contribution in [1.82, 2.24) is 9.80 Å². The maximum absolute atomic E-state index is 12.5. The Hall–Kier alpha value is -0.650. The minimum atomic E-state index is -0.0437. The van der Waals surface area contributed by atoms with E-state index in [9.17, 15) is 4.79 Å². The molecule has 0 aromatic heterocycles. The molecule has 0 saturated carbocycles. The first kappa shape index (κ1) is 17.4. The van der Waals surface area contributed by atoms with E-state index < -0.39 is 0 Å². The Balaban J connectivity index is 2.72. The fourth-order valence-corrected chi connectivity index (χ4v) is 2.94. The van der Waals surface area contributed by atoms with Crippen LogP contribution in [0.2, 0.25) is 0 Å². The van der Waals surface area contributed by atoms with Crippen molar-refractivity contribution in [2.75, 3.05) is 45.9 Å². The Kier molecular flexibility index (Phi) is 7.48. The van der Waals surface area contributed by atoms with Crippen molar-refractivity contribution in [2.45, 2.75) is 45.6 Å². The van der Waals surface area contributed by atoms with Crippen molar-refractivity contribution in [3.05, 3.63) is 0 Å². The van der Waals surface area contributed by atoms with Crippen LogP contribution in [0, 0.1) is 0 Å². The van der Waals surface area contributed by atoms with Crippen LogP contribution in [-0.4, -0.2) is 67.2 Å². The maximum Gasteiger partial charge on any atom is 0.236 e. The highest BCUT2D eigenvalue weighted by Gasteiger charge is 2.33. The minimum Gasteiger partial charge on any atom is -0.378 e. The first-order chi connectivity index (χ1) is 9.63. The molecule has 5 heteroatoms. The van der Waals surface area contributed by atoms with Crippen LogP contribution in [0.15, 0.2) is 0 Å². The molecule has 0 aromatic carbocycles. The molecule has 0 aromatic rings. The van der Waals surface area contributed by atoms with Crippen molar-refractivity contribution in [2.24, 2.45) is 5.73 Å². The van der Waals surface area contributed by atoms with E-state index in [4.69, 9.17) is 10.5 Å². The summed E-state index contributed by atoms with van der Waals surface area (Å²) >= 11 is 0. The molecule has 1 fully saturated rings. The van der Waals surface area contributed by atoms with Crippen molar-refractivity contribution in [3.8, 4) is 0 Å². The highest BCUT2D eigenvalue weighted by molar-refractivity contribution is 5.78. The van der Waals surface area contributed by atoms with Crippen LogP contribution in [0.4, 0.5) is 0 Å². The number of morpholine rings is 1. The predicted octanol–water partition coefficient (Wildman–Crippen LogP) is 1.07. The molecule has 1 rings (SSSR count). The van der Waals surface area contributed by atoms with E-state index in [0.29, 0.717) is 39.4 Å². The Morgan fingerprint density at radius 1 is 1.25 bits per heavy atom. The van der Waals surface area contributed by atoms with Gasteiger partial charge in [0, 0.05) is 25.2 Å². The second kappa shape index (κ2) is 8.60. The van der Waals surface area contributed by atoms with E-state index in [1.54, 1.807) is 0 Å². The fourth-order valence-electron chi connectivity index (χ4n) is 2.94. The Bertz CT molecular complexity index is 279. The third-order valence-corrected chi connectivity index (χ3v) is 4.55. The molecule has 118 valence electrons. The number of nitrogens with zero attached hydrogens (tertiary/aromatic N) is 2. The average molecular weight is 285 g/mol. The monoisotopic (exact) mass is 285 g/mol. The summed E-state index contributed by atoms with van der Waals surface area (Å²) in [7, 11) is 0. The lowest BCUT2D eigenvalue weighted by Gasteiger charge is -2.43. The second-order valence-corrected chi connectivity index (χ2v) is 5.55. The van der Waals surface area contributed by atoms with Crippen LogP contribution >= 0.6 is 0 Å². The van der Waals surface area contributed by atoms with E-state index in [1.165, 1.54) is 0 Å². The van der Waals surface area contributed by atoms with E-state index in [1.807, 2.05) is 4.90 Å². The molecule has 2 N–H and O–H groups in total. The minimum absolute atomic E-state index is 0.0437. The standard InChI is InChI=1S/C15H31N3O2/c1-4-7-18(15(5-2,6-3)13-16)12-14(19)17-8-10-20-11-9-17/h4-13,16H2,1-3H3. The molecule has 0 spiro atoms. The van der Waals surface area contributed by atoms with Crippen LogP contribution < -0.4 is 5.73 Å². The number of hydrogen-bond donors (Lipinski definition) is 1. The number of rotatable bonds is 8. The van der Waals surface area contributed by atoms with E-state index in [0.717, 1.165) is 25.8 Å². The zero-order valence-corrected chi connectivity index (χ0v) is 13.4. The van der Waals surface area contributed by atoms with E-state index in [2.05, 4.69) is 25.7 Å². The maximum atomic E-state index is 12.5. The lowest BCUT2D eigenvalue weighted by molar-refractivity contribution is -0.138. The lowest BCUT2D eigenvalue weighted by Crippen LogP contribution is -2.57. The molecule has 1 heterocycles. The van der Waals surface area contributed by atoms with Crippen molar-refractivity contribution in [1.29, 1.82) is 0 Å². The van der Waals surface area contributed by atoms with Gasteiger partial charge in [0.2, 0.25) is 5.91 Å². The summed E-state index contributed by atoms with van der Waals surface area (Å²) in [6, 6.07) is 0. The summed E-state index contributed by atoms with van der Waals surface area (Å²) in [6.07, 6.45) is 3.00. The summed E-state index contributed by atoms with van der Waals surface area (Å²) in [5, 5.41) is 0. The van der Waals surface area contributed by atoms with Gasteiger partial charge in [-0.3, -0.25) is 9.69 Å². The summed E-state index contributed by atoms with van der Waals surface area (Å²) in [5.41, 5.74) is 5.98. The largest absolute Gasteiger partial charge is 0.378 e. The zero-order chi connectivity index (χ0) is 15.0. The van der Waals surface area contributed by atoms with Crippen LogP contribution in [0.3, 0.4) is 0 Å². The highest BCUT2D eigenvalue weighted by Crippen LogP contribution is 2.23. The summed E-state index contributed by atoms with van der Waals surface area (Å²) in [6.45, 7) is 11.2. The SMILES string of the molecule is CCCN(CC(=O)N1CCOCC1)C(CC)(CC)CN. The first-order valence-electron chi connectivity index (χ1n) is 7.94. The van der Waals surface area contributed by atoms with Gasteiger partial charge in [0.05, 0.1) is 19.8 Å². The Labute approximate surface area is 123 Å². The molecule has 1 aliphatic rings. The zero-order valence-electron chi connectivity index (χ0n) is 13.4. The molecule has 0 atom stereocenters. The molecular weight excluding hydrogens is 254 g/mol. The van der Waals surface area contributed by atoms with Crippen LogP contribution in [0.5, 0.6) is 0 Å². The van der Waals surface area contributed by atoms with Gasteiger partial charge < -0.3 is 15.4 Å². The van der Waals surface area contributed by atoms with Crippen molar-refractivity contribution >= 4 is 5.91 Å². The predicted molar refractivity (Wildman–Crippen MR) is 81.6 cm³/mol. The lowest BCUT2D eigenvalue weighted by atomic mass is 9.90. The molecule has 1 amide bonds. The van der Waals surface area contributed by atoms with Gasteiger partial charge in [-0.15, -0.1) is 0 Å². The van der Waals surface area contributed by atoms with Gasteiger partial charge in [-0.05, 0) is 25.8 Å². The Morgan fingerprint density at radius 3 is 2.30 bits per heavy atom. The van der Waals surface area contributed by atoms with Gasteiger partial charge in [-0.25, -0.2) is 0 Å². The molecule has 0 bridgehead atoms. The number of ether oxygens (including phenoxy) is 1. The Morgan fingerprint density at radius 2 is 1.85 bits per heavy atom. The molecule has 0 unspecified atom stereocenters. The van der Waals surface area contributed by atoms with Crippen molar-refractivity contribution in [3.63, 3.8) is 0 Å². The van der Waals surface area contributed by atoms with Crippen LogP contribution in [-0.2, 0) is 9.53 Å². The topological polar surface area (TPSA) is 58.8 Å². The van der Waals surface area contributed by atoms with Crippen molar-refractivity contribution < 1.29 is 9.53 Å². The summed E-state index contributed by atoms with van der Waals surface area (Å²) < 4.78 is 5.31. The third kappa shape index (κ3) is 4.17. The first-order valence-corrected chi connectivity index (χ1v) is 7.94. The molecular formula is C15H31N3O2. The van der Waals surface area contributed by atoms with Gasteiger partial charge >= 0.3 is 0 Å². The second-order valence-electron chi connectivity index (χ2n) is 5.55. The molecule has 0 aliphatic carbocycles. The average Bonchev–Trinajstić information content (AvgIpc) is 2.50. The van der Waals surface area contributed by atoms with E-state index >= 15 is 0 Å². The van der Waals surface area contributed by atoms with Crippen LogP contribution in [0.25, 0.3) is 0 Å². The summed E-state index contributed by atoms with van der Waals surface area (Å²) in [5.74, 6) is 0.210. The van der Waals surface area contributed by atoms with Crippen LogP contribution in [0.1, 0.15) is 40.0 Å². The highest BCUT2D eigenvalue weighted by atomic mass is 16.5. The molecule has 0 radical (unpaired) electrons. The number of amides is 1. The smallest absolute Gasteiger partial charge is 0.236 e. The number of nitrogens with two attached hydrogens (primary N) is 1. The molecule has 20 heavy (non-hydrogen) atoms. The van der Waals surface area contributed by atoms with Gasteiger partial charge in [-0.2, -0.15) is 0 Å². The quantitative estimate of drug-likeness (QED) is 0.725. The molecule has 1 aliphatic heterocycles. The van der Waals surface area contributed by atoms with Gasteiger partial charge in [0.15, 0.2) is 0 Å². The number of hydrogen-bond acceptors (Lipinski definition) is 4. The number of carbonyl (C=O) groups excluding carboxylic acids is 1. The number of carbonyl (C=O) groups is 1.